The molecular weight excluding hydrogens is 272 g/mol. The molecule has 4 nitrogen and oxygen atoms in total. The average molecular weight is 291 g/mol. The highest BCUT2D eigenvalue weighted by Gasteiger charge is 2.10. The number of benzene rings is 1. The zero-order chi connectivity index (χ0) is 14.4. The van der Waals surface area contributed by atoms with Crippen LogP contribution in [0.2, 0.25) is 5.02 Å². The first kappa shape index (κ1) is 14.6. The van der Waals surface area contributed by atoms with E-state index in [1.165, 1.54) is 0 Å². The quantitative estimate of drug-likeness (QED) is 0.835. The molecule has 5 heteroatoms. The highest BCUT2D eigenvalue weighted by molar-refractivity contribution is 6.33. The molecule has 0 aliphatic heterocycles. The lowest BCUT2D eigenvalue weighted by Crippen LogP contribution is -2.08. The van der Waals surface area contributed by atoms with Crippen molar-refractivity contribution >= 4 is 28.9 Å². The van der Waals surface area contributed by atoms with E-state index in [1.807, 2.05) is 24.3 Å². The number of anilines is 3. The first-order valence-corrected chi connectivity index (χ1v) is 7.23. The van der Waals surface area contributed by atoms with Gasteiger partial charge < -0.3 is 10.6 Å². The molecule has 0 unspecified atom stereocenters. The van der Waals surface area contributed by atoms with Crippen molar-refractivity contribution in [2.45, 2.75) is 26.7 Å². The molecule has 0 radical (unpaired) electrons. The fourth-order valence-corrected chi connectivity index (χ4v) is 2.12. The summed E-state index contributed by atoms with van der Waals surface area (Å²) < 4.78 is 0. The third-order valence-corrected chi connectivity index (χ3v) is 3.30. The summed E-state index contributed by atoms with van der Waals surface area (Å²) in [7, 11) is 0. The van der Waals surface area contributed by atoms with E-state index in [4.69, 9.17) is 11.6 Å². The Morgan fingerprint density at radius 2 is 1.85 bits per heavy atom. The molecular formula is C15H19ClN4. The van der Waals surface area contributed by atoms with Crippen molar-refractivity contribution < 1.29 is 0 Å². The normalized spacial score (nSPS) is 10.3. The van der Waals surface area contributed by atoms with Crippen LogP contribution in [0, 0.1) is 0 Å². The number of hydrogen-bond acceptors (Lipinski definition) is 4. The Hall–Kier alpha value is -1.81. The second-order valence-corrected chi connectivity index (χ2v) is 4.84. The molecule has 1 heterocycles. The van der Waals surface area contributed by atoms with E-state index < -0.39 is 0 Å². The van der Waals surface area contributed by atoms with Gasteiger partial charge in [-0.2, -0.15) is 0 Å². The number of nitrogens with one attached hydrogen (secondary N) is 2. The lowest BCUT2D eigenvalue weighted by Gasteiger charge is -2.14. The first-order chi connectivity index (χ1) is 9.76. The van der Waals surface area contributed by atoms with E-state index in [0.29, 0.717) is 5.02 Å². The van der Waals surface area contributed by atoms with Crippen molar-refractivity contribution in [1.29, 1.82) is 0 Å². The van der Waals surface area contributed by atoms with Crippen LogP contribution in [-0.2, 0) is 6.42 Å². The molecule has 0 amide bonds. The van der Waals surface area contributed by atoms with Crippen molar-refractivity contribution in [1.82, 2.24) is 9.97 Å². The Balaban J connectivity index is 2.29. The minimum absolute atomic E-state index is 0.677. The fraction of sp³-hybridized carbons (Fsp3) is 0.333. The number of hydrogen-bond donors (Lipinski definition) is 2. The van der Waals surface area contributed by atoms with Crippen LogP contribution in [0.1, 0.15) is 25.8 Å². The smallest absolute Gasteiger partial charge is 0.139 e. The number of aromatic nitrogens is 2. The lowest BCUT2D eigenvalue weighted by molar-refractivity contribution is 0.949. The van der Waals surface area contributed by atoms with Gasteiger partial charge in [0.25, 0.3) is 0 Å². The molecule has 0 saturated heterocycles. The largest absolute Gasteiger partial charge is 0.370 e. The Bertz CT molecular complexity index is 572. The van der Waals surface area contributed by atoms with E-state index in [1.54, 1.807) is 6.33 Å². The molecule has 2 aromatic rings. The molecule has 1 aromatic heterocycles. The van der Waals surface area contributed by atoms with Crippen LogP contribution in [0.15, 0.2) is 30.6 Å². The summed E-state index contributed by atoms with van der Waals surface area (Å²) >= 11 is 6.17. The molecule has 2 rings (SSSR count). The Morgan fingerprint density at radius 3 is 2.55 bits per heavy atom. The van der Waals surface area contributed by atoms with Crippen LogP contribution >= 0.6 is 11.6 Å². The summed E-state index contributed by atoms with van der Waals surface area (Å²) in [6.07, 6.45) is 3.47. The third-order valence-electron chi connectivity index (χ3n) is 2.97. The Kier molecular flexibility index (Phi) is 5.18. The van der Waals surface area contributed by atoms with E-state index in [-0.39, 0.29) is 0 Å². The molecule has 2 N–H and O–H groups in total. The van der Waals surface area contributed by atoms with Gasteiger partial charge in [0.2, 0.25) is 0 Å². The first-order valence-electron chi connectivity index (χ1n) is 6.85. The van der Waals surface area contributed by atoms with Crippen molar-refractivity contribution in [2.75, 3.05) is 17.2 Å². The summed E-state index contributed by atoms with van der Waals surface area (Å²) in [6, 6.07) is 7.63. The van der Waals surface area contributed by atoms with Crippen LogP contribution in [0.5, 0.6) is 0 Å². The molecule has 0 atom stereocenters. The minimum atomic E-state index is 0.677. The van der Waals surface area contributed by atoms with Gasteiger partial charge in [-0.1, -0.05) is 37.6 Å². The average Bonchev–Trinajstić information content (AvgIpc) is 2.47. The van der Waals surface area contributed by atoms with Crippen molar-refractivity contribution in [3.8, 4) is 0 Å². The molecule has 0 aliphatic rings. The SMILES string of the molecule is CCCNc1ncnc(Nc2ccccc2Cl)c1CC. The van der Waals surface area contributed by atoms with Gasteiger partial charge in [0.05, 0.1) is 10.7 Å². The third kappa shape index (κ3) is 3.39. The van der Waals surface area contributed by atoms with Gasteiger partial charge in [0.1, 0.15) is 18.0 Å². The molecule has 0 fully saturated rings. The highest BCUT2D eigenvalue weighted by atomic mass is 35.5. The van der Waals surface area contributed by atoms with Crippen molar-refractivity contribution in [2.24, 2.45) is 0 Å². The van der Waals surface area contributed by atoms with Crippen LogP contribution in [0.25, 0.3) is 0 Å². The lowest BCUT2D eigenvalue weighted by atomic mass is 10.2. The Morgan fingerprint density at radius 1 is 1.10 bits per heavy atom. The molecule has 0 saturated carbocycles. The Labute approximate surface area is 124 Å². The van der Waals surface area contributed by atoms with Gasteiger partial charge in [-0.3, -0.25) is 0 Å². The molecule has 0 aliphatic carbocycles. The van der Waals surface area contributed by atoms with Crippen LogP contribution in [-0.4, -0.2) is 16.5 Å². The fourth-order valence-electron chi connectivity index (χ4n) is 1.94. The van der Waals surface area contributed by atoms with Crippen LogP contribution < -0.4 is 10.6 Å². The van der Waals surface area contributed by atoms with Crippen molar-refractivity contribution in [3.63, 3.8) is 0 Å². The van der Waals surface area contributed by atoms with E-state index in [9.17, 15) is 0 Å². The second-order valence-electron chi connectivity index (χ2n) is 4.43. The predicted molar refractivity (Wildman–Crippen MR) is 84.9 cm³/mol. The van der Waals surface area contributed by atoms with Crippen LogP contribution in [0.3, 0.4) is 0 Å². The number of nitrogens with zero attached hydrogens (tertiary/aromatic N) is 2. The van der Waals surface area contributed by atoms with Crippen molar-refractivity contribution in [3.05, 3.63) is 41.2 Å². The van der Waals surface area contributed by atoms with Crippen LogP contribution in [0.4, 0.5) is 17.3 Å². The minimum Gasteiger partial charge on any atom is -0.370 e. The van der Waals surface area contributed by atoms with E-state index in [2.05, 4.69) is 34.4 Å². The number of para-hydroxylation sites is 1. The summed E-state index contributed by atoms with van der Waals surface area (Å²) in [5.74, 6) is 1.69. The maximum absolute atomic E-state index is 6.17. The highest BCUT2D eigenvalue weighted by Crippen LogP contribution is 2.28. The topological polar surface area (TPSA) is 49.8 Å². The standard InChI is InChI=1S/C15H19ClN4/c1-3-9-17-14-11(4-2)15(19-10-18-14)20-13-8-6-5-7-12(13)16/h5-8,10H,3-4,9H2,1-2H3,(H2,17,18,19,20). The molecule has 0 spiro atoms. The van der Waals surface area contributed by atoms with Gasteiger partial charge in [-0.05, 0) is 25.0 Å². The van der Waals surface area contributed by atoms with E-state index >= 15 is 0 Å². The summed E-state index contributed by atoms with van der Waals surface area (Å²) in [5.41, 5.74) is 1.92. The van der Waals surface area contributed by atoms with Gasteiger partial charge in [0.15, 0.2) is 0 Å². The zero-order valence-corrected chi connectivity index (χ0v) is 12.5. The number of halogens is 1. The summed E-state index contributed by atoms with van der Waals surface area (Å²) in [4.78, 5) is 8.65. The predicted octanol–water partition coefficient (Wildman–Crippen LogP) is 4.26. The van der Waals surface area contributed by atoms with Gasteiger partial charge in [-0.25, -0.2) is 9.97 Å². The monoisotopic (exact) mass is 290 g/mol. The van der Waals surface area contributed by atoms with E-state index in [0.717, 1.165) is 42.3 Å². The van der Waals surface area contributed by atoms with Gasteiger partial charge >= 0.3 is 0 Å². The number of rotatable bonds is 6. The summed E-state index contributed by atoms with van der Waals surface area (Å²) in [6.45, 7) is 5.12. The molecule has 106 valence electrons. The molecule has 20 heavy (non-hydrogen) atoms. The second kappa shape index (κ2) is 7.10. The zero-order valence-electron chi connectivity index (χ0n) is 11.8. The molecule has 1 aromatic carbocycles. The maximum atomic E-state index is 6.17. The van der Waals surface area contributed by atoms with Gasteiger partial charge in [0, 0.05) is 12.1 Å². The summed E-state index contributed by atoms with van der Waals surface area (Å²) in [5, 5.41) is 7.29. The van der Waals surface area contributed by atoms with Gasteiger partial charge in [-0.15, -0.1) is 0 Å². The molecule has 0 bridgehead atoms. The maximum Gasteiger partial charge on any atom is 0.139 e.